The van der Waals surface area contributed by atoms with Crippen molar-refractivity contribution in [3.63, 3.8) is 0 Å². The van der Waals surface area contributed by atoms with Crippen molar-refractivity contribution in [2.75, 3.05) is 7.05 Å². The molecule has 0 N–H and O–H groups in total. The smallest absolute Gasteiger partial charge is 0.227 e. The largest absolute Gasteiger partial charge is 0.341 e. The van der Waals surface area contributed by atoms with E-state index in [2.05, 4.69) is 10.1 Å². The molecule has 2 heterocycles. The number of hydrogen-bond donors (Lipinski definition) is 0. The van der Waals surface area contributed by atoms with Gasteiger partial charge >= 0.3 is 0 Å². The van der Waals surface area contributed by atoms with E-state index in [4.69, 9.17) is 4.52 Å². The lowest BCUT2D eigenvalue weighted by molar-refractivity contribution is -0.130. The van der Waals surface area contributed by atoms with Crippen molar-refractivity contribution < 1.29 is 13.7 Å². The molecule has 3 aromatic rings. The molecule has 0 aliphatic heterocycles. The van der Waals surface area contributed by atoms with Crippen LogP contribution >= 0.6 is 11.3 Å². The molecule has 7 heteroatoms. The number of halogens is 1. The minimum atomic E-state index is -0.305. The minimum Gasteiger partial charge on any atom is -0.341 e. The summed E-state index contributed by atoms with van der Waals surface area (Å²) in [5.74, 6) is 0.613. The molecule has 0 aliphatic carbocycles. The van der Waals surface area contributed by atoms with E-state index in [1.54, 1.807) is 24.1 Å². The minimum absolute atomic E-state index is 0.0601. The molecule has 0 atom stereocenters. The molecule has 1 aromatic carbocycles. The van der Waals surface area contributed by atoms with Crippen LogP contribution in [0.25, 0.3) is 10.7 Å². The van der Waals surface area contributed by atoms with Gasteiger partial charge in [-0.15, -0.1) is 11.3 Å². The number of carbonyl (C=O) groups is 1. The standard InChI is InChI=1S/C17H16FN3O2S/c1-21(11-12-4-2-5-13(18)10-12)16(22)8-7-15-19-17(20-23-15)14-6-3-9-24-14/h2-6,9-10H,7-8,11H2,1H3. The highest BCUT2D eigenvalue weighted by atomic mass is 32.1. The molecule has 0 radical (unpaired) electrons. The van der Waals surface area contributed by atoms with Crippen molar-refractivity contribution in [1.82, 2.24) is 15.0 Å². The van der Waals surface area contributed by atoms with Gasteiger partial charge in [-0.05, 0) is 29.1 Å². The number of rotatable bonds is 6. The molecule has 24 heavy (non-hydrogen) atoms. The second-order valence-electron chi connectivity index (χ2n) is 5.37. The summed E-state index contributed by atoms with van der Waals surface area (Å²) >= 11 is 1.53. The van der Waals surface area contributed by atoms with Crippen molar-refractivity contribution in [3.8, 4) is 10.7 Å². The van der Waals surface area contributed by atoms with Gasteiger partial charge in [0.2, 0.25) is 17.6 Å². The summed E-state index contributed by atoms with van der Waals surface area (Å²) in [7, 11) is 1.69. The Hall–Kier alpha value is -2.54. The second kappa shape index (κ2) is 7.35. The van der Waals surface area contributed by atoms with Crippen LogP contribution in [0.1, 0.15) is 17.9 Å². The average Bonchev–Trinajstić information content (AvgIpc) is 3.23. The monoisotopic (exact) mass is 345 g/mol. The summed E-state index contributed by atoms with van der Waals surface area (Å²) in [6.07, 6.45) is 0.641. The fourth-order valence-corrected chi connectivity index (χ4v) is 2.91. The van der Waals surface area contributed by atoms with Crippen LogP contribution in [-0.2, 0) is 17.8 Å². The lowest BCUT2D eigenvalue weighted by Crippen LogP contribution is -2.26. The van der Waals surface area contributed by atoms with Gasteiger partial charge in [0, 0.05) is 26.4 Å². The van der Waals surface area contributed by atoms with Crippen molar-refractivity contribution in [1.29, 1.82) is 0 Å². The maximum absolute atomic E-state index is 13.2. The Morgan fingerprint density at radius 3 is 2.96 bits per heavy atom. The van der Waals surface area contributed by atoms with Crippen LogP contribution < -0.4 is 0 Å². The van der Waals surface area contributed by atoms with Crippen LogP contribution in [0.2, 0.25) is 0 Å². The predicted octanol–water partition coefficient (Wildman–Crippen LogP) is 3.53. The van der Waals surface area contributed by atoms with Crippen molar-refractivity contribution >= 4 is 17.2 Å². The Balaban J connectivity index is 1.53. The van der Waals surface area contributed by atoms with Crippen molar-refractivity contribution in [3.05, 3.63) is 59.0 Å². The third-order valence-corrected chi connectivity index (χ3v) is 4.36. The fraction of sp³-hybridized carbons (Fsp3) is 0.235. The van der Waals surface area contributed by atoms with Gasteiger partial charge in [0.1, 0.15) is 5.82 Å². The first-order valence-electron chi connectivity index (χ1n) is 7.46. The molecule has 0 unspecified atom stereocenters. The van der Waals surface area contributed by atoms with E-state index in [1.807, 2.05) is 17.5 Å². The third kappa shape index (κ3) is 4.05. The zero-order chi connectivity index (χ0) is 16.9. The summed E-state index contributed by atoms with van der Waals surface area (Å²) in [5.41, 5.74) is 0.753. The summed E-state index contributed by atoms with van der Waals surface area (Å²) in [6, 6.07) is 10.1. The number of hydrogen-bond acceptors (Lipinski definition) is 5. The first-order chi connectivity index (χ1) is 11.6. The SMILES string of the molecule is CN(Cc1cccc(F)c1)C(=O)CCc1nc(-c2cccs2)no1. The zero-order valence-electron chi connectivity index (χ0n) is 13.1. The number of thiophene rings is 1. The van der Waals surface area contributed by atoms with Crippen LogP contribution in [0.4, 0.5) is 4.39 Å². The highest BCUT2D eigenvalue weighted by molar-refractivity contribution is 7.13. The summed E-state index contributed by atoms with van der Waals surface area (Å²) in [5, 5.41) is 5.86. The van der Waals surface area contributed by atoms with Gasteiger partial charge in [0.05, 0.1) is 4.88 Å². The van der Waals surface area contributed by atoms with Gasteiger partial charge in [0.25, 0.3) is 0 Å². The quantitative estimate of drug-likeness (QED) is 0.686. The molecule has 5 nitrogen and oxygen atoms in total. The third-order valence-electron chi connectivity index (χ3n) is 3.50. The number of benzene rings is 1. The molecule has 124 valence electrons. The van der Waals surface area contributed by atoms with E-state index in [0.29, 0.717) is 24.7 Å². The van der Waals surface area contributed by atoms with E-state index in [-0.39, 0.29) is 18.1 Å². The zero-order valence-corrected chi connectivity index (χ0v) is 13.9. The molecule has 2 aromatic heterocycles. The number of aryl methyl sites for hydroxylation is 1. The molecule has 0 spiro atoms. The van der Waals surface area contributed by atoms with E-state index < -0.39 is 0 Å². The van der Waals surface area contributed by atoms with Crippen LogP contribution in [0.3, 0.4) is 0 Å². The number of carbonyl (C=O) groups excluding carboxylic acids is 1. The highest BCUT2D eigenvalue weighted by Gasteiger charge is 2.14. The fourth-order valence-electron chi connectivity index (χ4n) is 2.26. The Kier molecular flexibility index (Phi) is 5.00. The Labute approximate surface area is 142 Å². The Morgan fingerprint density at radius 1 is 1.33 bits per heavy atom. The van der Waals surface area contributed by atoms with E-state index in [1.165, 1.54) is 23.5 Å². The summed E-state index contributed by atoms with van der Waals surface area (Å²) in [4.78, 5) is 19.0. The Bertz CT molecular complexity index is 817. The number of nitrogens with zero attached hydrogens (tertiary/aromatic N) is 3. The van der Waals surface area contributed by atoms with Gasteiger partial charge in [0.15, 0.2) is 0 Å². The average molecular weight is 345 g/mol. The van der Waals surface area contributed by atoms with Gasteiger partial charge in [-0.2, -0.15) is 4.98 Å². The molecule has 1 amide bonds. The van der Waals surface area contributed by atoms with Crippen LogP contribution in [0, 0.1) is 5.82 Å². The predicted molar refractivity (Wildman–Crippen MR) is 88.8 cm³/mol. The van der Waals surface area contributed by atoms with E-state index in [9.17, 15) is 9.18 Å². The molecule has 0 fully saturated rings. The normalized spacial score (nSPS) is 10.8. The van der Waals surface area contributed by atoms with E-state index in [0.717, 1.165) is 10.4 Å². The van der Waals surface area contributed by atoms with Gasteiger partial charge in [-0.1, -0.05) is 23.4 Å². The molecule has 0 aliphatic rings. The summed E-state index contributed by atoms with van der Waals surface area (Å²) < 4.78 is 18.4. The number of amides is 1. The van der Waals surface area contributed by atoms with Crippen LogP contribution in [0.15, 0.2) is 46.3 Å². The molecule has 3 rings (SSSR count). The van der Waals surface area contributed by atoms with Crippen LogP contribution in [-0.4, -0.2) is 28.0 Å². The second-order valence-corrected chi connectivity index (χ2v) is 6.32. The van der Waals surface area contributed by atoms with Gasteiger partial charge in [-0.25, -0.2) is 4.39 Å². The van der Waals surface area contributed by atoms with E-state index >= 15 is 0 Å². The molecule has 0 saturated heterocycles. The first kappa shape index (κ1) is 16.3. The van der Waals surface area contributed by atoms with Crippen LogP contribution in [0.5, 0.6) is 0 Å². The van der Waals surface area contributed by atoms with Crippen molar-refractivity contribution in [2.24, 2.45) is 0 Å². The highest BCUT2D eigenvalue weighted by Crippen LogP contribution is 2.21. The summed E-state index contributed by atoms with van der Waals surface area (Å²) in [6.45, 7) is 0.362. The molecule has 0 saturated carbocycles. The van der Waals surface area contributed by atoms with Crippen molar-refractivity contribution in [2.45, 2.75) is 19.4 Å². The molecular weight excluding hydrogens is 329 g/mol. The van der Waals surface area contributed by atoms with Gasteiger partial charge in [-0.3, -0.25) is 4.79 Å². The maximum atomic E-state index is 13.2. The Morgan fingerprint density at radius 2 is 2.21 bits per heavy atom. The topological polar surface area (TPSA) is 59.2 Å². The lowest BCUT2D eigenvalue weighted by atomic mass is 10.2. The molecular formula is C17H16FN3O2S. The molecule has 0 bridgehead atoms. The lowest BCUT2D eigenvalue weighted by Gasteiger charge is -2.16. The first-order valence-corrected chi connectivity index (χ1v) is 8.34. The van der Waals surface area contributed by atoms with Gasteiger partial charge < -0.3 is 9.42 Å². The number of aromatic nitrogens is 2. The maximum Gasteiger partial charge on any atom is 0.227 e.